The number of nitrogens with two attached hydrogens (primary N) is 1. The van der Waals surface area contributed by atoms with Crippen LogP contribution < -0.4 is 10.5 Å². The van der Waals surface area contributed by atoms with Gasteiger partial charge in [0.2, 0.25) is 0 Å². The number of aryl methyl sites for hydroxylation is 1. The van der Waals surface area contributed by atoms with Gasteiger partial charge < -0.3 is 10.5 Å². The molecule has 1 rings (SSSR count). The lowest BCUT2D eigenvalue weighted by atomic mass is 10.2. The van der Waals surface area contributed by atoms with Crippen LogP contribution in [0.2, 0.25) is 0 Å². The van der Waals surface area contributed by atoms with E-state index >= 15 is 0 Å². The van der Waals surface area contributed by atoms with Crippen molar-refractivity contribution in [2.75, 3.05) is 12.8 Å². The number of hydrogen-bond donors (Lipinski definition) is 1. The van der Waals surface area contributed by atoms with Crippen LogP contribution in [-0.2, 0) is 0 Å². The van der Waals surface area contributed by atoms with Gasteiger partial charge in [0.1, 0.15) is 5.75 Å². The van der Waals surface area contributed by atoms with Gasteiger partial charge in [-0.25, -0.2) is 0 Å². The van der Waals surface area contributed by atoms with Gasteiger partial charge in [0.25, 0.3) is 0 Å². The predicted molar refractivity (Wildman–Crippen MR) is 41.0 cm³/mol. The van der Waals surface area contributed by atoms with Crippen molar-refractivity contribution >= 4 is 5.69 Å². The van der Waals surface area contributed by atoms with Crippen molar-refractivity contribution in [1.29, 1.82) is 0 Å². The highest BCUT2D eigenvalue weighted by molar-refractivity contribution is 5.46. The Morgan fingerprint density at radius 2 is 2.30 bits per heavy atom. The summed E-state index contributed by atoms with van der Waals surface area (Å²) in [5.74, 6) is 0.816. The summed E-state index contributed by atoms with van der Waals surface area (Å²) in [6.07, 6.45) is 0. The Kier molecular flexibility index (Phi) is 1.81. The van der Waals surface area contributed by atoms with Crippen LogP contribution in [0, 0.1) is 13.0 Å². The van der Waals surface area contributed by atoms with E-state index in [1.165, 1.54) is 0 Å². The minimum atomic E-state index is 0.613. The van der Waals surface area contributed by atoms with Crippen molar-refractivity contribution in [1.82, 2.24) is 0 Å². The van der Waals surface area contributed by atoms with Crippen LogP contribution in [0.1, 0.15) is 5.56 Å². The highest BCUT2D eigenvalue weighted by atomic mass is 16.5. The zero-order valence-electron chi connectivity index (χ0n) is 6.14. The van der Waals surface area contributed by atoms with Crippen LogP contribution in [0.15, 0.2) is 12.1 Å². The van der Waals surface area contributed by atoms with Crippen molar-refractivity contribution in [3.8, 4) is 5.75 Å². The summed E-state index contributed by atoms with van der Waals surface area (Å²) >= 11 is 0. The van der Waals surface area contributed by atoms with Gasteiger partial charge >= 0.3 is 0 Å². The van der Waals surface area contributed by atoms with Crippen molar-refractivity contribution in [2.24, 2.45) is 0 Å². The van der Waals surface area contributed by atoms with Crippen molar-refractivity contribution in [3.63, 3.8) is 0 Å². The van der Waals surface area contributed by atoms with Gasteiger partial charge in [0.15, 0.2) is 0 Å². The summed E-state index contributed by atoms with van der Waals surface area (Å²) in [6, 6.07) is 6.44. The van der Waals surface area contributed by atoms with E-state index in [0.717, 1.165) is 11.3 Å². The van der Waals surface area contributed by atoms with Crippen LogP contribution in [0.25, 0.3) is 0 Å². The largest absolute Gasteiger partial charge is 0.496 e. The summed E-state index contributed by atoms with van der Waals surface area (Å²) in [5.41, 5.74) is 7.13. The fraction of sp³-hybridized carbons (Fsp3) is 0.250. The highest BCUT2D eigenvalue weighted by Gasteiger charge is 1.95. The summed E-state index contributed by atoms with van der Waals surface area (Å²) < 4.78 is 5.03. The van der Waals surface area contributed by atoms with Crippen molar-refractivity contribution in [3.05, 3.63) is 23.8 Å². The summed E-state index contributed by atoms with van der Waals surface area (Å²) in [5, 5.41) is 0. The normalized spacial score (nSPS) is 9.40. The number of benzene rings is 1. The Hall–Kier alpha value is -1.18. The molecule has 0 aliphatic carbocycles. The van der Waals surface area contributed by atoms with E-state index in [2.05, 4.69) is 6.07 Å². The minimum Gasteiger partial charge on any atom is -0.496 e. The Labute approximate surface area is 60.6 Å². The van der Waals surface area contributed by atoms with Crippen LogP contribution >= 0.6 is 0 Å². The monoisotopic (exact) mass is 136 g/mol. The fourth-order valence-electron chi connectivity index (χ4n) is 0.779. The molecule has 0 spiro atoms. The first-order valence-electron chi connectivity index (χ1n) is 3.06. The van der Waals surface area contributed by atoms with E-state index in [1.807, 2.05) is 13.0 Å². The Morgan fingerprint density at radius 1 is 1.60 bits per heavy atom. The quantitative estimate of drug-likeness (QED) is 0.592. The molecule has 0 aliphatic heterocycles. The second kappa shape index (κ2) is 2.60. The molecule has 0 aliphatic rings. The standard InChI is InChI=1S/C8H10NO/c1-6-3-4-7(9)5-8(6)10-2/h3,5H,9H2,1-2H3. The number of methoxy groups -OCH3 is 1. The van der Waals surface area contributed by atoms with Gasteiger partial charge in [-0.3, -0.25) is 0 Å². The molecule has 53 valence electrons. The molecule has 0 bridgehead atoms. The number of ether oxygens (including phenoxy) is 1. The van der Waals surface area contributed by atoms with Crippen LogP contribution in [-0.4, -0.2) is 7.11 Å². The van der Waals surface area contributed by atoms with Crippen molar-refractivity contribution < 1.29 is 4.74 Å². The molecule has 10 heavy (non-hydrogen) atoms. The number of hydrogen-bond acceptors (Lipinski definition) is 2. The third-order valence-electron chi connectivity index (χ3n) is 1.35. The maximum atomic E-state index is 5.47. The first-order valence-corrected chi connectivity index (χ1v) is 3.06. The predicted octanol–water partition coefficient (Wildman–Crippen LogP) is 1.39. The molecule has 0 saturated carbocycles. The first-order chi connectivity index (χ1) is 4.74. The second-order valence-corrected chi connectivity index (χ2v) is 2.14. The van der Waals surface area contributed by atoms with E-state index in [1.54, 1.807) is 13.2 Å². The van der Waals surface area contributed by atoms with E-state index in [-0.39, 0.29) is 0 Å². The molecule has 1 radical (unpaired) electrons. The third kappa shape index (κ3) is 1.21. The van der Waals surface area contributed by atoms with E-state index in [0.29, 0.717) is 5.69 Å². The molecule has 0 saturated heterocycles. The minimum absolute atomic E-state index is 0.613. The van der Waals surface area contributed by atoms with Gasteiger partial charge in [-0.1, -0.05) is 0 Å². The SMILES string of the molecule is COc1cc(N)[c]cc1C. The molecule has 0 aromatic heterocycles. The molecule has 1 aromatic rings. The van der Waals surface area contributed by atoms with Gasteiger partial charge in [-0.2, -0.15) is 0 Å². The Balaban J connectivity index is 3.09. The van der Waals surface area contributed by atoms with Crippen LogP contribution in [0.3, 0.4) is 0 Å². The molecule has 0 amide bonds. The lowest BCUT2D eigenvalue weighted by Crippen LogP contribution is -1.90. The van der Waals surface area contributed by atoms with Crippen LogP contribution in [0.4, 0.5) is 5.69 Å². The lowest BCUT2D eigenvalue weighted by molar-refractivity contribution is 0.412. The van der Waals surface area contributed by atoms with Gasteiger partial charge in [0, 0.05) is 17.8 Å². The molecule has 0 heterocycles. The zero-order valence-corrected chi connectivity index (χ0v) is 6.14. The summed E-state index contributed by atoms with van der Waals surface area (Å²) in [7, 11) is 1.63. The maximum absolute atomic E-state index is 5.47. The zero-order chi connectivity index (χ0) is 7.56. The van der Waals surface area contributed by atoms with Crippen LogP contribution in [0.5, 0.6) is 5.75 Å². The molecule has 0 fully saturated rings. The average Bonchev–Trinajstić information content (AvgIpc) is 1.94. The molecule has 2 heteroatoms. The van der Waals surface area contributed by atoms with E-state index in [9.17, 15) is 0 Å². The Morgan fingerprint density at radius 3 is 2.80 bits per heavy atom. The molecule has 1 aromatic carbocycles. The second-order valence-electron chi connectivity index (χ2n) is 2.14. The summed E-state index contributed by atoms with van der Waals surface area (Å²) in [6.45, 7) is 1.95. The molecule has 2 nitrogen and oxygen atoms in total. The van der Waals surface area contributed by atoms with E-state index < -0.39 is 0 Å². The fourth-order valence-corrected chi connectivity index (χ4v) is 0.779. The highest BCUT2D eigenvalue weighted by Crippen LogP contribution is 2.18. The molecular formula is C8H10NO. The number of anilines is 1. The first kappa shape index (κ1) is 6.93. The Bertz CT molecular complexity index is 233. The number of rotatable bonds is 1. The smallest absolute Gasteiger partial charge is 0.123 e. The topological polar surface area (TPSA) is 35.2 Å². The lowest BCUT2D eigenvalue weighted by Gasteiger charge is -2.03. The third-order valence-corrected chi connectivity index (χ3v) is 1.35. The van der Waals surface area contributed by atoms with Gasteiger partial charge in [-0.05, 0) is 18.6 Å². The summed E-state index contributed by atoms with van der Waals surface area (Å²) in [4.78, 5) is 0. The molecular weight excluding hydrogens is 126 g/mol. The van der Waals surface area contributed by atoms with E-state index in [4.69, 9.17) is 10.5 Å². The van der Waals surface area contributed by atoms with Gasteiger partial charge in [0.05, 0.1) is 7.11 Å². The van der Waals surface area contributed by atoms with Gasteiger partial charge in [-0.15, -0.1) is 0 Å². The maximum Gasteiger partial charge on any atom is 0.123 e. The molecule has 0 atom stereocenters. The molecule has 0 unspecified atom stereocenters. The number of nitrogen functional groups attached to an aromatic ring is 1. The molecule has 2 N–H and O–H groups in total. The van der Waals surface area contributed by atoms with Crippen molar-refractivity contribution in [2.45, 2.75) is 6.92 Å². The average molecular weight is 136 g/mol.